The predicted octanol–water partition coefficient (Wildman–Crippen LogP) is 3.49. The van der Waals surface area contributed by atoms with Crippen LogP contribution in [0.25, 0.3) is 0 Å². The Bertz CT molecular complexity index is 286. The summed E-state index contributed by atoms with van der Waals surface area (Å²) in [5.74, 6) is 0. The Kier molecular flexibility index (Phi) is 3.55. The van der Waals surface area contributed by atoms with Gasteiger partial charge in [-0.1, -0.05) is 0 Å². The third-order valence-corrected chi connectivity index (χ3v) is 3.96. The van der Waals surface area contributed by atoms with Gasteiger partial charge in [-0.15, -0.1) is 11.3 Å². The number of hydrogen-bond donors (Lipinski definition) is 1. The summed E-state index contributed by atoms with van der Waals surface area (Å²) in [5.41, 5.74) is 5.87. The molecule has 0 aliphatic heterocycles. The van der Waals surface area contributed by atoms with Crippen molar-refractivity contribution in [1.29, 1.82) is 0 Å². The zero-order valence-electron chi connectivity index (χ0n) is 8.36. The molecular weight excluding hydrogens is 246 g/mol. The smallest absolute Gasteiger partial charge is 0.0317 e. The summed E-state index contributed by atoms with van der Waals surface area (Å²) < 4.78 is 1.24. The van der Waals surface area contributed by atoms with Gasteiger partial charge in [-0.05, 0) is 55.6 Å². The number of halogens is 1. The zero-order chi connectivity index (χ0) is 10.1. The number of rotatable bonds is 3. The highest BCUT2D eigenvalue weighted by Crippen LogP contribution is 2.28. The SMILES string of the molecule is Cc1cc(Br)c(CCC(C)(C)N)s1. The molecule has 0 saturated carbocycles. The maximum Gasteiger partial charge on any atom is 0.0317 e. The molecule has 2 N–H and O–H groups in total. The van der Waals surface area contributed by atoms with E-state index < -0.39 is 0 Å². The van der Waals surface area contributed by atoms with Crippen LogP contribution in [0.15, 0.2) is 10.5 Å². The van der Waals surface area contributed by atoms with Crippen molar-refractivity contribution in [2.75, 3.05) is 0 Å². The fourth-order valence-electron chi connectivity index (χ4n) is 1.14. The molecule has 1 rings (SSSR count). The molecule has 0 atom stereocenters. The van der Waals surface area contributed by atoms with Crippen LogP contribution in [0.2, 0.25) is 0 Å². The second-order valence-corrected chi connectivity index (χ2v) is 6.31. The van der Waals surface area contributed by atoms with Crippen molar-refractivity contribution in [1.82, 2.24) is 0 Å². The van der Waals surface area contributed by atoms with E-state index in [9.17, 15) is 0 Å². The average molecular weight is 262 g/mol. The average Bonchev–Trinajstić information content (AvgIpc) is 2.24. The quantitative estimate of drug-likeness (QED) is 0.886. The van der Waals surface area contributed by atoms with E-state index in [0.29, 0.717) is 0 Å². The highest BCUT2D eigenvalue weighted by molar-refractivity contribution is 9.10. The van der Waals surface area contributed by atoms with E-state index in [0.717, 1.165) is 12.8 Å². The van der Waals surface area contributed by atoms with Crippen LogP contribution in [0.3, 0.4) is 0 Å². The second-order valence-electron chi connectivity index (χ2n) is 4.12. The van der Waals surface area contributed by atoms with E-state index in [4.69, 9.17) is 5.73 Å². The van der Waals surface area contributed by atoms with Crippen LogP contribution < -0.4 is 5.73 Å². The highest BCUT2D eigenvalue weighted by Gasteiger charge is 2.12. The number of nitrogens with two attached hydrogens (primary N) is 1. The second kappa shape index (κ2) is 4.11. The van der Waals surface area contributed by atoms with E-state index in [-0.39, 0.29) is 5.54 Å². The summed E-state index contributed by atoms with van der Waals surface area (Å²) in [7, 11) is 0. The normalized spacial score (nSPS) is 12.1. The number of thiophene rings is 1. The lowest BCUT2D eigenvalue weighted by atomic mass is 10.00. The molecule has 1 aromatic rings. The molecule has 13 heavy (non-hydrogen) atoms. The van der Waals surface area contributed by atoms with Crippen LogP contribution in [0.5, 0.6) is 0 Å². The van der Waals surface area contributed by atoms with Gasteiger partial charge < -0.3 is 5.73 Å². The molecular formula is C10H16BrNS. The van der Waals surface area contributed by atoms with Crippen molar-refractivity contribution < 1.29 is 0 Å². The van der Waals surface area contributed by atoms with Crippen LogP contribution in [0, 0.1) is 6.92 Å². The van der Waals surface area contributed by atoms with Crippen LogP contribution in [-0.2, 0) is 6.42 Å². The van der Waals surface area contributed by atoms with Gasteiger partial charge in [-0.2, -0.15) is 0 Å². The van der Waals surface area contributed by atoms with Crippen molar-refractivity contribution in [3.63, 3.8) is 0 Å². The lowest BCUT2D eigenvalue weighted by Crippen LogP contribution is -2.32. The van der Waals surface area contributed by atoms with Gasteiger partial charge in [0.15, 0.2) is 0 Å². The first-order chi connectivity index (χ1) is 5.88. The zero-order valence-corrected chi connectivity index (χ0v) is 10.8. The summed E-state index contributed by atoms with van der Waals surface area (Å²) in [6.45, 7) is 6.27. The van der Waals surface area contributed by atoms with E-state index in [2.05, 4.69) is 42.8 Å². The molecule has 0 aliphatic carbocycles. The molecule has 1 nitrogen and oxygen atoms in total. The third kappa shape index (κ3) is 3.79. The van der Waals surface area contributed by atoms with Crippen molar-refractivity contribution in [2.24, 2.45) is 5.73 Å². The lowest BCUT2D eigenvalue weighted by Gasteiger charge is -2.17. The summed E-state index contributed by atoms with van der Waals surface area (Å²) in [4.78, 5) is 2.77. The fourth-order valence-corrected chi connectivity index (χ4v) is 3.00. The summed E-state index contributed by atoms with van der Waals surface area (Å²) in [6, 6.07) is 2.17. The summed E-state index contributed by atoms with van der Waals surface area (Å²) >= 11 is 5.41. The molecule has 0 saturated heterocycles. The van der Waals surface area contributed by atoms with Crippen LogP contribution in [-0.4, -0.2) is 5.54 Å². The van der Waals surface area contributed by atoms with Gasteiger partial charge in [0, 0.05) is 19.8 Å². The number of hydrogen-bond acceptors (Lipinski definition) is 2. The Morgan fingerprint density at radius 3 is 2.54 bits per heavy atom. The first-order valence-corrected chi connectivity index (χ1v) is 6.03. The fraction of sp³-hybridized carbons (Fsp3) is 0.600. The maximum atomic E-state index is 5.93. The molecule has 1 aromatic heterocycles. The maximum absolute atomic E-state index is 5.93. The molecule has 0 unspecified atom stereocenters. The van der Waals surface area contributed by atoms with Gasteiger partial charge in [0.2, 0.25) is 0 Å². The van der Waals surface area contributed by atoms with E-state index in [1.807, 2.05) is 11.3 Å². The summed E-state index contributed by atoms with van der Waals surface area (Å²) in [5, 5.41) is 0. The van der Waals surface area contributed by atoms with Crippen molar-refractivity contribution in [2.45, 2.75) is 39.2 Å². The first kappa shape index (κ1) is 11.2. The molecule has 3 heteroatoms. The molecule has 74 valence electrons. The van der Waals surface area contributed by atoms with Crippen molar-refractivity contribution in [3.8, 4) is 0 Å². The Labute approximate surface area is 92.5 Å². The van der Waals surface area contributed by atoms with Gasteiger partial charge >= 0.3 is 0 Å². The van der Waals surface area contributed by atoms with Gasteiger partial charge in [0.25, 0.3) is 0 Å². The molecule has 0 radical (unpaired) electrons. The monoisotopic (exact) mass is 261 g/mol. The Hall–Kier alpha value is 0.140. The van der Waals surface area contributed by atoms with E-state index in [1.54, 1.807) is 0 Å². The van der Waals surface area contributed by atoms with Crippen LogP contribution >= 0.6 is 27.3 Å². The van der Waals surface area contributed by atoms with Crippen LogP contribution in [0.4, 0.5) is 0 Å². The van der Waals surface area contributed by atoms with E-state index >= 15 is 0 Å². The predicted molar refractivity (Wildman–Crippen MR) is 63.3 cm³/mol. The minimum Gasteiger partial charge on any atom is -0.326 e. The lowest BCUT2D eigenvalue weighted by molar-refractivity contribution is 0.478. The highest BCUT2D eigenvalue weighted by atomic mass is 79.9. The molecule has 0 aliphatic rings. The van der Waals surface area contributed by atoms with Crippen molar-refractivity contribution in [3.05, 3.63) is 20.3 Å². The molecule has 0 bridgehead atoms. The molecule has 0 aromatic carbocycles. The topological polar surface area (TPSA) is 26.0 Å². The molecule has 0 amide bonds. The van der Waals surface area contributed by atoms with E-state index in [1.165, 1.54) is 14.2 Å². The van der Waals surface area contributed by atoms with Gasteiger partial charge in [0.1, 0.15) is 0 Å². The van der Waals surface area contributed by atoms with Crippen LogP contribution in [0.1, 0.15) is 30.0 Å². The first-order valence-electron chi connectivity index (χ1n) is 4.42. The third-order valence-electron chi connectivity index (χ3n) is 1.88. The largest absolute Gasteiger partial charge is 0.326 e. The minimum absolute atomic E-state index is 0.0582. The van der Waals surface area contributed by atoms with Gasteiger partial charge in [-0.25, -0.2) is 0 Å². The Morgan fingerprint density at radius 1 is 1.54 bits per heavy atom. The Morgan fingerprint density at radius 2 is 2.15 bits per heavy atom. The Balaban J connectivity index is 2.59. The summed E-state index contributed by atoms with van der Waals surface area (Å²) in [6.07, 6.45) is 2.11. The van der Waals surface area contributed by atoms with Gasteiger partial charge in [-0.3, -0.25) is 0 Å². The van der Waals surface area contributed by atoms with Crippen molar-refractivity contribution >= 4 is 27.3 Å². The standard InChI is InChI=1S/C10H16BrNS/c1-7-6-8(11)9(13-7)4-5-10(2,3)12/h6H,4-5,12H2,1-3H3. The minimum atomic E-state index is -0.0582. The molecule has 0 fully saturated rings. The molecule has 1 heterocycles. The molecule has 0 spiro atoms. The number of aryl methyl sites for hydroxylation is 2. The van der Waals surface area contributed by atoms with Gasteiger partial charge in [0.05, 0.1) is 0 Å².